The molecule has 3 aromatic heterocycles. The molecule has 5 nitrogen and oxygen atoms in total. The number of nitrogens with zero attached hydrogens (tertiary/aromatic N) is 5. The number of hydrogen-bond donors (Lipinski definition) is 0. The summed E-state index contributed by atoms with van der Waals surface area (Å²) in [5.74, 6) is 1.10. The molecule has 3 heterocycles. The van der Waals surface area contributed by atoms with E-state index >= 15 is 0 Å². The van der Waals surface area contributed by atoms with Gasteiger partial charge in [-0.15, -0.1) is 11.6 Å². The standard InChI is InChI=1S/C13H11BrClN5/c1-8-4-17-10(6-16-8)7-20-12(3-15)19-11-2-9(14)5-18-13(11)20/h2,4-6H,3,7H2,1H3. The van der Waals surface area contributed by atoms with Gasteiger partial charge in [-0.2, -0.15) is 0 Å². The summed E-state index contributed by atoms with van der Waals surface area (Å²) < 4.78 is 2.86. The van der Waals surface area contributed by atoms with E-state index in [0.717, 1.165) is 32.8 Å². The molecule has 0 bridgehead atoms. The van der Waals surface area contributed by atoms with Crippen molar-refractivity contribution in [3.8, 4) is 0 Å². The lowest BCUT2D eigenvalue weighted by atomic mass is 10.4. The molecule has 20 heavy (non-hydrogen) atoms. The minimum Gasteiger partial charge on any atom is -0.306 e. The van der Waals surface area contributed by atoms with Gasteiger partial charge in [0.25, 0.3) is 0 Å². The molecule has 102 valence electrons. The van der Waals surface area contributed by atoms with Gasteiger partial charge in [0.1, 0.15) is 11.3 Å². The Morgan fingerprint density at radius 2 is 2.05 bits per heavy atom. The molecule has 0 radical (unpaired) electrons. The van der Waals surface area contributed by atoms with Crippen LogP contribution in [0.4, 0.5) is 0 Å². The molecular formula is C13H11BrClN5. The van der Waals surface area contributed by atoms with E-state index in [1.807, 2.05) is 17.6 Å². The molecule has 0 N–H and O–H groups in total. The van der Waals surface area contributed by atoms with Crippen molar-refractivity contribution in [3.63, 3.8) is 0 Å². The monoisotopic (exact) mass is 351 g/mol. The number of rotatable bonds is 3. The molecule has 0 unspecified atom stereocenters. The van der Waals surface area contributed by atoms with E-state index in [2.05, 4.69) is 35.9 Å². The Morgan fingerprint density at radius 1 is 1.20 bits per heavy atom. The van der Waals surface area contributed by atoms with Crippen molar-refractivity contribution in [1.29, 1.82) is 0 Å². The molecule has 0 aliphatic rings. The Morgan fingerprint density at radius 3 is 2.75 bits per heavy atom. The zero-order chi connectivity index (χ0) is 14.1. The van der Waals surface area contributed by atoms with Gasteiger partial charge in [0, 0.05) is 16.9 Å². The maximum atomic E-state index is 5.98. The normalized spacial score (nSPS) is 11.2. The van der Waals surface area contributed by atoms with E-state index in [-0.39, 0.29) is 0 Å². The van der Waals surface area contributed by atoms with Gasteiger partial charge < -0.3 is 4.57 Å². The largest absolute Gasteiger partial charge is 0.306 e. The van der Waals surface area contributed by atoms with Crippen LogP contribution in [0.25, 0.3) is 11.2 Å². The second kappa shape index (κ2) is 5.46. The predicted molar refractivity (Wildman–Crippen MR) is 80.7 cm³/mol. The van der Waals surface area contributed by atoms with E-state index < -0.39 is 0 Å². The fourth-order valence-electron chi connectivity index (χ4n) is 1.96. The lowest BCUT2D eigenvalue weighted by molar-refractivity contribution is 0.744. The van der Waals surface area contributed by atoms with Crippen LogP contribution in [0.15, 0.2) is 29.1 Å². The highest BCUT2D eigenvalue weighted by Gasteiger charge is 2.12. The Bertz CT molecular complexity index is 753. The Hall–Kier alpha value is -1.53. The van der Waals surface area contributed by atoms with Crippen molar-refractivity contribution in [3.05, 3.63) is 46.3 Å². The average Bonchev–Trinajstić information content (AvgIpc) is 2.78. The van der Waals surface area contributed by atoms with Crippen molar-refractivity contribution in [2.24, 2.45) is 0 Å². The predicted octanol–water partition coefficient (Wildman–Crippen LogP) is 3.08. The Balaban J connectivity index is 2.07. The van der Waals surface area contributed by atoms with Gasteiger partial charge in [0.2, 0.25) is 0 Å². The van der Waals surface area contributed by atoms with Crippen molar-refractivity contribution >= 4 is 38.7 Å². The molecular weight excluding hydrogens is 342 g/mol. The molecule has 0 saturated heterocycles. The summed E-state index contributed by atoms with van der Waals surface area (Å²) in [5.41, 5.74) is 3.36. The van der Waals surface area contributed by atoms with Crippen LogP contribution >= 0.6 is 27.5 Å². The fraction of sp³-hybridized carbons (Fsp3) is 0.231. The van der Waals surface area contributed by atoms with Crippen LogP contribution in [-0.4, -0.2) is 24.5 Å². The molecule has 3 rings (SSSR count). The van der Waals surface area contributed by atoms with Gasteiger partial charge in [0.05, 0.1) is 30.0 Å². The first-order valence-electron chi connectivity index (χ1n) is 6.01. The average molecular weight is 353 g/mol. The van der Waals surface area contributed by atoms with Crippen LogP contribution in [0.1, 0.15) is 17.2 Å². The van der Waals surface area contributed by atoms with Crippen LogP contribution in [0, 0.1) is 6.92 Å². The highest BCUT2D eigenvalue weighted by Crippen LogP contribution is 2.20. The number of imidazole rings is 1. The summed E-state index contributed by atoms with van der Waals surface area (Å²) in [4.78, 5) is 17.5. The summed E-state index contributed by atoms with van der Waals surface area (Å²) in [6, 6.07) is 1.93. The van der Waals surface area contributed by atoms with Crippen LogP contribution in [-0.2, 0) is 12.4 Å². The zero-order valence-corrected chi connectivity index (χ0v) is 13.1. The second-order valence-corrected chi connectivity index (χ2v) is 5.58. The first-order chi connectivity index (χ1) is 9.67. The smallest absolute Gasteiger partial charge is 0.160 e. The van der Waals surface area contributed by atoms with E-state index in [0.29, 0.717) is 12.4 Å². The molecule has 0 aliphatic carbocycles. The van der Waals surface area contributed by atoms with Gasteiger partial charge in [-0.3, -0.25) is 9.97 Å². The summed E-state index contributed by atoms with van der Waals surface area (Å²) in [7, 11) is 0. The van der Waals surface area contributed by atoms with Crippen molar-refractivity contribution in [2.45, 2.75) is 19.3 Å². The summed E-state index contributed by atoms with van der Waals surface area (Å²) in [6.45, 7) is 2.47. The number of fused-ring (bicyclic) bond motifs is 1. The number of halogens is 2. The zero-order valence-electron chi connectivity index (χ0n) is 10.7. The molecule has 0 spiro atoms. The highest BCUT2D eigenvalue weighted by atomic mass is 79.9. The number of hydrogen-bond acceptors (Lipinski definition) is 4. The third-order valence-corrected chi connectivity index (χ3v) is 3.58. The molecule has 0 atom stereocenters. The molecule has 0 fully saturated rings. The lowest BCUT2D eigenvalue weighted by Gasteiger charge is -2.06. The molecule has 0 aromatic carbocycles. The molecule has 0 saturated carbocycles. The van der Waals surface area contributed by atoms with E-state index in [1.54, 1.807) is 18.6 Å². The maximum absolute atomic E-state index is 5.98. The van der Waals surface area contributed by atoms with E-state index in [1.165, 1.54) is 0 Å². The van der Waals surface area contributed by atoms with Crippen LogP contribution < -0.4 is 0 Å². The van der Waals surface area contributed by atoms with Gasteiger partial charge in [-0.05, 0) is 28.9 Å². The number of alkyl halides is 1. The van der Waals surface area contributed by atoms with Crippen molar-refractivity contribution in [2.75, 3.05) is 0 Å². The second-order valence-electron chi connectivity index (χ2n) is 4.39. The number of aromatic nitrogens is 5. The third kappa shape index (κ3) is 2.53. The highest BCUT2D eigenvalue weighted by molar-refractivity contribution is 9.10. The third-order valence-electron chi connectivity index (χ3n) is 2.90. The van der Waals surface area contributed by atoms with Gasteiger partial charge in [-0.25, -0.2) is 9.97 Å². The summed E-state index contributed by atoms with van der Waals surface area (Å²) >= 11 is 9.37. The van der Waals surface area contributed by atoms with E-state index in [4.69, 9.17) is 11.6 Å². The van der Waals surface area contributed by atoms with Crippen LogP contribution in [0.3, 0.4) is 0 Å². The molecule has 0 aliphatic heterocycles. The lowest BCUT2D eigenvalue weighted by Crippen LogP contribution is -2.06. The Kier molecular flexibility index (Phi) is 3.67. The quantitative estimate of drug-likeness (QED) is 0.680. The van der Waals surface area contributed by atoms with Gasteiger partial charge >= 0.3 is 0 Å². The van der Waals surface area contributed by atoms with Gasteiger partial charge in [-0.1, -0.05) is 0 Å². The van der Waals surface area contributed by atoms with E-state index in [9.17, 15) is 0 Å². The number of aryl methyl sites for hydroxylation is 1. The minimum absolute atomic E-state index is 0.327. The fourth-order valence-corrected chi connectivity index (χ4v) is 2.49. The van der Waals surface area contributed by atoms with Crippen molar-refractivity contribution in [1.82, 2.24) is 24.5 Å². The van der Waals surface area contributed by atoms with Crippen molar-refractivity contribution < 1.29 is 0 Å². The van der Waals surface area contributed by atoms with Gasteiger partial charge in [0.15, 0.2) is 5.65 Å². The molecule has 3 aromatic rings. The Labute approximate surface area is 129 Å². The summed E-state index contributed by atoms with van der Waals surface area (Å²) in [6.07, 6.45) is 5.26. The SMILES string of the molecule is Cc1cnc(Cn2c(CCl)nc3cc(Br)cnc32)cn1. The topological polar surface area (TPSA) is 56.5 Å². The van der Waals surface area contributed by atoms with Crippen LogP contribution in [0.5, 0.6) is 0 Å². The summed E-state index contributed by atoms with van der Waals surface area (Å²) in [5, 5.41) is 0. The van der Waals surface area contributed by atoms with Crippen LogP contribution in [0.2, 0.25) is 0 Å². The minimum atomic E-state index is 0.327. The first-order valence-corrected chi connectivity index (χ1v) is 7.34. The molecule has 0 amide bonds. The first kappa shape index (κ1) is 13.5. The number of pyridine rings is 1. The maximum Gasteiger partial charge on any atom is 0.160 e. The molecule has 7 heteroatoms.